The summed E-state index contributed by atoms with van der Waals surface area (Å²) in [6.45, 7) is 3.85. The van der Waals surface area contributed by atoms with Gasteiger partial charge in [0.25, 0.3) is 0 Å². The van der Waals surface area contributed by atoms with E-state index in [1.54, 1.807) is 19.4 Å². The van der Waals surface area contributed by atoms with E-state index in [2.05, 4.69) is 10.3 Å². The number of hydrogen-bond donors (Lipinski definition) is 2. The molecule has 0 radical (unpaired) electrons. The largest absolute Gasteiger partial charge is 0.495 e. The first kappa shape index (κ1) is 12.3. The van der Waals surface area contributed by atoms with Crippen LogP contribution in [0.3, 0.4) is 0 Å². The maximum absolute atomic E-state index is 5.76. The molecule has 0 aliphatic rings. The maximum Gasteiger partial charge on any atom is 0.216 e. The molecular formula is C13H17N3O2. The van der Waals surface area contributed by atoms with Crippen LogP contribution in [0.2, 0.25) is 0 Å². The summed E-state index contributed by atoms with van der Waals surface area (Å²) in [5.41, 5.74) is 7.28. The van der Waals surface area contributed by atoms with Gasteiger partial charge < -0.3 is 20.2 Å². The van der Waals surface area contributed by atoms with Crippen molar-refractivity contribution in [3.63, 3.8) is 0 Å². The van der Waals surface area contributed by atoms with Crippen molar-refractivity contribution < 1.29 is 9.15 Å². The molecule has 18 heavy (non-hydrogen) atoms. The lowest BCUT2D eigenvalue weighted by atomic mass is 10.2. The first-order chi connectivity index (χ1) is 8.60. The monoisotopic (exact) mass is 247 g/mol. The number of aryl methyl sites for hydroxylation is 1. The molecule has 0 aliphatic heterocycles. The highest BCUT2D eigenvalue weighted by atomic mass is 16.5. The summed E-state index contributed by atoms with van der Waals surface area (Å²) in [7, 11) is 1.59. The van der Waals surface area contributed by atoms with E-state index < -0.39 is 0 Å². The average molecular weight is 247 g/mol. The summed E-state index contributed by atoms with van der Waals surface area (Å²) < 4.78 is 10.6. The summed E-state index contributed by atoms with van der Waals surface area (Å²) in [6.07, 6.45) is 1.71. The molecule has 0 aliphatic carbocycles. The highest BCUT2D eigenvalue weighted by molar-refractivity contribution is 5.61. The number of nitrogens with two attached hydrogens (primary N) is 1. The number of oxazole rings is 1. The van der Waals surface area contributed by atoms with Gasteiger partial charge in [0.05, 0.1) is 19.0 Å². The predicted octanol–water partition coefficient (Wildman–Crippen LogP) is 2.75. The molecule has 1 unspecified atom stereocenters. The van der Waals surface area contributed by atoms with Crippen LogP contribution < -0.4 is 15.8 Å². The number of rotatable bonds is 4. The van der Waals surface area contributed by atoms with Gasteiger partial charge in [0.2, 0.25) is 5.89 Å². The van der Waals surface area contributed by atoms with Crippen LogP contribution in [0.5, 0.6) is 5.75 Å². The summed E-state index contributed by atoms with van der Waals surface area (Å²) in [6, 6.07) is 5.52. The molecule has 5 heteroatoms. The van der Waals surface area contributed by atoms with E-state index in [9.17, 15) is 0 Å². The van der Waals surface area contributed by atoms with E-state index in [4.69, 9.17) is 14.9 Å². The van der Waals surface area contributed by atoms with Crippen molar-refractivity contribution in [2.45, 2.75) is 19.9 Å². The van der Waals surface area contributed by atoms with E-state index in [1.807, 2.05) is 26.0 Å². The fourth-order valence-electron chi connectivity index (χ4n) is 1.69. The number of methoxy groups -OCH3 is 1. The molecule has 0 bridgehead atoms. The highest BCUT2D eigenvalue weighted by Crippen LogP contribution is 2.27. The van der Waals surface area contributed by atoms with Gasteiger partial charge >= 0.3 is 0 Å². The number of ether oxygens (including phenoxy) is 1. The predicted molar refractivity (Wildman–Crippen MR) is 70.7 cm³/mol. The second-order valence-electron chi connectivity index (χ2n) is 4.13. The van der Waals surface area contributed by atoms with Gasteiger partial charge in [-0.25, -0.2) is 4.98 Å². The van der Waals surface area contributed by atoms with E-state index in [0.717, 1.165) is 11.4 Å². The molecular weight excluding hydrogens is 230 g/mol. The Bertz CT molecular complexity index is 537. The number of aromatic nitrogens is 1. The topological polar surface area (TPSA) is 73.3 Å². The second kappa shape index (κ2) is 5.00. The van der Waals surface area contributed by atoms with Gasteiger partial charge in [-0.2, -0.15) is 0 Å². The van der Waals surface area contributed by atoms with E-state index >= 15 is 0 Å². The van der Waals surface area contributed by atoms with Crippen molar-refractivity contribution in [3.05, 3.63) is 36.0 Å². The smallest absolute Gasteiger partial charge is 0.216 e. The molecule has 5 nitrogen and oxygen atoms in total. The van der Waals surface area contributed by atoms with Gasteiger partial charge in [0, 0.05) is 11.8 Å². The molecule has 0 saturated carbocycles. The SMILES string of the molecule is COc1cc(NC(C)c2ncc(C)o2)ccc1N. The zero-order valence-corrected chi connectivity index (χ0v) is 10.7. The standard InChI is InChI=1S/C13H17N3O2/c1-8-7-15-13(18-8)9(2)16-10-4-5-11(14)12(6-10)17-3/h4-7,9,16H,14H2,1-3H3. The summed E-state index contributed by atoms with van der Waals surface area (Å²) in [4.78, 5) is 4.19. The van der Waals surface area contributed by atoms with Crippen molar-refractivity contribution in [3.8, 4) is 5.75 Å². The highest BCUT2D eigenvalue weighted by Gasteiger charge is 2.11. The van der Waals surface area contributed by atoms with Crippen LogP contribution in [0, 0.1) is 6.92 Å². The molecule has 2 rings (SSSR count). The van der Waals surface area contributed by atoms with Crippen LogP contribution in [0.15, 0.2) is 28.8 Å². The Morgan fingerprint density at radius 2 is 2.22 bits per heavy atom. The lowest BCUT2D eigenvalue weighted by Gasteiger charge is -2.13. The van der Waals surface area contributed by atoms with Crippen LogP contribution in [0.1, 0.15) is 24.6 Å². The Hall–Kier alpha value is -2.17. The fraction of sp³-hybridized carbons (Fsp3) is 0.308. The van der Waals surface area contributed by atoms with Crippen LogP contribution >= 0.6 is 0 Å². The van der Waals surface area contributed by atoms with Crippen LogP contribution in [-0.2, 0) is 0 Å². The third-order valence-corrected chi connectivity index (χ3v) is 2.63. The molecule has 3 N–H and O–H groups in total. The first-order valence-corrected chi connectivity index (χ1v) is 5.72. The molecule has 0 fully saturated rings. The quantitative estimate of drug-likeness (QED) is 0.813. The maximum atomic E-state index is 5.76. The van der Waals surface area contributed by atoms with Gasteiger partial charge in [-0.05, 0) is 26.0 Å². The third kappa shape index (κ3) is 2.56. The molecule has 96 valence electrons. The van der Waals surface area contributed by atoms with Crippen molar-refractivity contribution in [2.24, 2.45) is 0 Å². The fourth-order valence-corrected chi connectivity index (χ4v) is 1.69. The Kier molecular flexibility index (Phi) is 3.41. The zero-order chi connectivity index (χ0) is 13.1. The number of nitrogen functional groups attached to an aromatic ring is 1. The Morgan fingerprint density at radius 1 is 1.44 bits per heavy atom. The lowest BCUT2D eigenvalue weighted by molar-refractivity contribution is 0.417. The Balaban J connectivity index is 2.14. The minimum atomic E-state index is -0.0213. The van der Waals surface area contributed by atoms with E-state index in [1.165, 1.54) is 0 Å². The summed E-state index contributed by atoms with van der Waals surface area (Å²) in [5, 5.41) is 3.28. The molecule has 1 atom stereocenters. The number of anilines is 2. The molecule has 2 aromatic rings. The Labute approximate surface area is 106 Å². The summed E-state index contributed by atoms with van der Waals surface area (Å²) in [5.74, 6) is 2.10. The molecule has 0 saturated heterocycles. The van der Waals surface area contributed by atoms with Crippen molar-refractivity contribution in [1.82, 2.24) is 4.98 Å². The van der Waals surface area contributed by atoms with Gasteiger partial charge in [-0.3, -0.25) is 0 Å². The molecule has 0 spiro atoms. The zero-order valence-electron chi connectivity index (χ0n) is 10.7. The first-order valence-electron chi connectivity index (χ1n) is 5.72. The van der Waals surface area contributed by atoms with E-state index in [-0.39, 0.29) is 6.04 Å². The third-order valence-electron chi connectivity index (χ3n) is 2.63. The van der Waals surface area contributed by atoms with Crippen molar-refractivity contribution >= 4 is 11.4 Å². The number of hydrogen-bond acceptors (Lipinski definition) is 5. The number of nitrogens with one attached hydrogen (secondary N) is 1. The van der Waals surface area contributed by atoms with Crippen LogP contribution in [0.4, 0.5) is 11.4 Å². The number of nitrogens with zero attached hydrogens (tertiary/aromatic N) is 1. The molecule has 0 amide bonds. The van der Waals surface area contributed by atoms with Gasteiger partial charge in [0.1, 0.15) is 17.6 Å². The Morgan fingerprint density at radius 3 is 2.83 bits per heavy atom. The normalized spacial score (nSPS) is 12.2. The second-order valence-corrected chi connectivity index (χ2v) is 4.13. The minimum Gasteiger partial charge on any atom is -0.495 e. The van der Waals surface area contributed by atoms with Gasteiger partial charge in [0.15, 0.2) is 0 Å². The van der Waals surface area contributed by atoms with Crippen LogP contribution in [0.25, 0.3) is 0 Å². The van der Waals surface area contributed by atoms with Gasteiger partial charge in [-0.15, -0.1) is 0 Å². The lowest BCUT2D eigenvalue weighted by Crippen LogP contribution is -2.07. The van der Waals surface area contributed by atoms with Crippen LogP contribution in [-0.4, -0.2) is 12.1 Å². The van der Waals surface area contributed by atoms with E-state index in [0.29, 0.717) is 17.3 Å². The van der Waals surface area contributed by atoms with Gasteiger partial charge in [-0.1, -0.05) is 0 Å². The molecule has 1 heterocycles. The van der Waals surface area contributed by atoms with Crippen molar-refractivity contribution in [2.75, 3.05) is 18.2 Å². The molecule has 1 aromatic carbocycles. The minimum absolute atomic E-state index is 0.0213. The number of benzene rings is 1. The molecule has 1 aromatic heterocycles. The van der Waals surface area contributed by atoms with Crippen molar-refractivity contribution in [1.29, 1.82) is 0 Å². The average Bonchev–Trinajstić information content (AvgIpc) is 2.78. The summed E-state index contributed by atoms with van der Waals surface area (Å²) >= 11 is 0.